The molecule has 1 N–H and O–H groups in total. The van der Waals surface area contributed by atoms with Gasteiger partial charge in [0.05, 0.1) is 20.6 Å². The van der Waals surface area contributed by atoms with Crippen LogP contribution in [0.25, 0.3) is 0 Å². The normalized spacial score (nSPS) is 16.8. The van der Waals surface area contributed by atoms with Gasteiger partial charge in [0.2, 0.25) is 10.0 Å². The maximum Gasteiger partial charge on any atom is 0.264 e. The number of halogens is 1. The smallest absolute Gasteiger partial charge is 0.264 e. The molecule has 7 nitrogen and oxygen atoms in total. The molecule has 0 aromatic carbocycles. The molecule has 0 saturated carbocycles. The maximum absolute atomic E-state index is 12.9. The van der Waals surface area contributed by atoms with Crippen LogP contribution in [0.2, 0.25) is 4.34 Å². The summed E-state index contributed by atoms with van der Waals surface area (Å²) in [6.45, 7) is 4.87. The van der Waals surface area contributed by atoms with Gasteiger partial charge in [-0.1, -0.05) is 11.6 Å². The monoisotopic (exact) mass is 402 g/mol. The van der Waals surface area contributed by atoms with Gasteiger partial charge < -0.3 is 4.90 Å². The molecule has 2 aromatic rings. The fourth-order valence-electron chi connectivity index (χ4n) is 2.97. The van der Waals surface area contributed by atoms with Gasteiger partial charge in [0.1, 0.15) is 4.90 Å². The average Bonchev–Trinajstić information content (AvgIpc) is 3.03. The summed E-state index contributed by atoms with van der Waals surface area (Å²) in [6.07, 6.45) is 0.583. The molecular formula is C15H19ClN4O3S2. The molecule has 10 heteroatoms. The minimum atomic E-state index is -3.63. The summed E-state index contributed by atoms with van der Waals surface area (Å²) < 4.78 is 27.9. The molecule has 0 atom stereocenters. The van der Waals surface area contributed by atoms with Crippen LogP contribution in [0.3, 0.4) is 0 Å². The zero-order valence-electron chi connectivity index (χ0n) is 14.0. The van der Waals surface area contributed by atoms with E-state index in [1.165, 1.54) is 15.6 Å². The summed E-state index contributed by atoms with van der Waals surface area (Å²) in [5.74, 6) is -0.105. The number of aryl methyl sites for hydroxylation is 2. The van der Waals surface area contributed by atoms with E-state index in [9.17, 15) is 13.2 Å². The Morgan fingerprint density at radius 1 is 1.24 bits per heavy atom. The molecule has 0 unspecified atom stereocenters. The lowest BCUT2D eigenvalue weighted by Gasteiger charge is -2.21. The van der Waals surface area contributed by atoms with Crippen molar-refractivity contribution in [1.29, 1.82) is 0 Å². The topological polar surface area (TPSA) is 86.4 Å². The summed E-state index contributed by atoms with van der Waals surface area (Å²) in [6, 6.07) is 3.39. The second-order valence-electron chi connectivity index (χ2n) is 5.92. The zero-order valence-corrected chi connectivity index (χ0v) is 16.3. The third kappa shape index (κ3) is 3.59. The second kappa shape index (κ2) is 7.06. The first-order valence-corrected chi connectivity index (χ1v) is 10.5. The van der Waals surface area contributed by atoms with Crippen LogP contribution in [0.4, 0.5) is 0 Å². The largest absolute Gasteiger partial charge is 0.337 e. The number of carbonyl (C=O) groups excluding carboxylic acids is 1. The van der Waals surface area contributed by atoms with Gasteiger partial charge in [0, 0.05) is 26.2 Å². The van der Waals surface area contributed by atoms with E-state index in [0.717, 1.165) is 0 Å². The van der Waals surface area contributed by atoms with E-state index in [-0.39, 0.29) is 17.3 Å². The van der Waals surface area contributed by atoms with E-state index in [1.54, 1.807) is 30.9 Å². The van der Waals surface area contributed by atoms with Crippen molar-refractivity contribution in [3.8, 4) is 0 Å². The molecule has 0 radical (unpaired) electrons. The lowest BCUT2D eigenvalue weighted by molar-refractivity contribution is 0.0769. The van der Waals surface area contributed by atoms with Crippen LogP contribution in [0, 0.1) is 13.8 Å². The number of aromatic nitrogens is 2. The van der Waals surface area contributed by atoms with Crippen molar-refractivity contribution >= 4 is 38.9 Å². The van der Waals surface area contributed by atoms with Crippen molar-refractivity contribution in [2.75, 3.05) is 26.2 Å². The molecule has 25 heavy (non-hydrogen) atoms. The van der Waals surface area contributed by atoms with Crippen molar-refractivity contribution in [3.05, 3.63) is 32.7 Å². The number of sulfonamides is 1. The van der Waals surface area contributed by atoms with Gasteiger partial charge in [-0.05, 0) is 32.4 Å². The average molecular weight is 403 g/mol. The number of hydrogen-bond acceptors (Lipinski definition) is 5. The Balaban J connectivity index is 1.76. The summed E-state index contributed by atoms with van der Waals surface area (Å²) in [5, 5.41) is 6.70. The molecule has 136 valence electrons. The van der Waals surface area contributed by atoms with Gasteiger partial charge in [-0.15, -0.1) is 11.3 Å². The Bertz CT molecular complexity index is 871. The van der Waals surface area contributed by atoms with E-state index in [0.29, 0.717) is 46.7 Å². The molecule has 0 spiro atoms. The SMILES string of the molecule is Cc1n[nH]c(C)c1S(=O)(=O)N1CCCN(C(=O)c2ccc(Cl)s2)CC1. The predicted octanol–water partition coefficient (Wildman–Crippen LogP) is 2.28. The molecule has 3 rings (SSSR count). The molecular weight excluding hydrogens is 384 g/mol. The fraction of sp³-hybridized carbons (Fsp3) is 0.467. The van der Waals surface area contributed by atoms with E-state index >= 15 is 0 Å². The standard InChI is InChI=1S/C15H19ClN4O3S2/c1-10-14(11(2)18-17-10)25(22,23)20-7-3-6-19(8-9-20)15(21)12-4-5-13(16)24-12/h4-5H,3,6-9H2,1-2H3,(H,17,18). The highest BCUT2D eigenvalue weighted by atomic mass is 35.5. The first-order chi connectivity index (χ1) is 11.8. The summed E-state index contributed by atoms with van der Waals surface area (Å²) in [7, 11) is -3.63. The molecule has 2 aromatic heterocycles. The van der Waals surface area contributed by atoms with Crippen molar-refractivity contribution in [2.24, 2.45) is 0 Å². The summed E-state index contributed by atoms with van der Waals surface area (Å²) in [4.78, 5) is 15.0. The Morgan fingerprint density at radius 3 is 2.60 bits per heavy atom. The van der Waals surface area contributed by atoms with Gasteiger partial charge in [0.15, 0.2) is 0 Å². The van der Waals surface area contributed by atoms with Gasteiger partial charge in [-0.2, -0.15) is 9.40 Å². The molecule has 0 aliphatic carbocycles. The summed E-state index contributed by atoms with van der Waals surface area (Å²) in [5.41, 5.74) is 0.991. The molecule has 1 fully saturated rings. The minimum absolute atomic E-state index is 0.105. The molecule has 1 saturated heterocycles. The van der Waals surface area contributed by atoms with Gasteiger partial charge in [-0.25, -0.2) is 8.42 Å². The van der Waals surface area contributed by atoms with Crippen LogP contribution in [-0.2, 0) is 10.0 Å². The number of thiophene rings is 1. The molecule has 1 amide bonds. The second-order valence-corrected chi connectivity index (χ2v) is 9.51. The first-order valence-electron chi connectivity index (χ1n) is 7.87. The van der Waals surface area contributed by atoms with Crippen LogP contribution in [0.15, 0.2) is 17.0 Å². The van der Waals surface area contributed by atoms with Gasteiger partial charge >= 0.3 is 0 Å². The van der Waals surface area contributed by atoms with E-state index in [1.807, 2.05) is 0 Å². The Morgan fingerprint density at radius 2 is 2.00 bits per heavy atom. The zero-order chi connectivity index (χ0) is 18.2. The quantitative estimate of drug-likeness (QED) is 0.853. The van der Waals surface area contributed by atoms with Crippen LogP contribution >= 0.6 is 22.9 Å². The highest BCUT2D eigenvalue weighted by Gasteiger charge is 2.32. The van der Waals surface area contributed by atoms with Crippen molar-refractivity contribution in [3.63, 3.8) is 0 Å². The Kier molecular flexibility index (Phi) is 5.19. The number of amides is 1. The number of rotatable bonds is 3. The third-order valence-electron chi connectivity index (χ3n) is 4.18. The number of carbonyl (C=O) groups is 1. The van der Waals surface area contributed by atoms with Crippen molar-refractivity contribution in [1.82, 2.24) is 19.4 Å². The Hall–Kier alpha value is -1.42. The van der Waals surface area contributed by atoms with E-state index < -0.39 is 10.0 Å². The van der Waals surface area contributed by atoms with E-state index in [4.69, 9.17) is 11.6 Å². The Labute approximate surface area is 155 Å². The molecule has 0 bridgehead atoms. The number of aromatic amines is 1. The van der Waals surface area contributed by atoms with Gasteiger partial charge in [0.25, 0.3) is 5.91 Å². The highest BCUT2D eigenvalue weighted by molar-refractivity contribution is 7.89. The van der Waals surface area contributed by atoms with Crippen molar-refractivity contribution in [2.45, 2.75) is 25.2 Å². The molecule has 3 heterocycles. The maximum atomic E-state index is 12.9. The molecule has 1 aliphatic rings. The predicted molar refractivity (Wildman–Crippen MR) is 96.7 cm³/mol. The van der Waals surface area contributed by atoms with Crippen LogP contribution in [-0.4, -0.2) is 59.9 Å². The van der Waals surface area contributed by atoms with Crippen LogP contribution in [0.1, 0.15) is 27.5 Å². The van der Waals surface area contributed by atoms with Gasteiger partial charge in [-0.3, -0.25) is 9.89 Å². The number of hydrogen-bond donors (Lipinski definition) is 1. The number of nitrogens with one attached hydrogen (secondary N) is 1. The molecule has 1 aliphatic heterocycles. The lowest BCUT2D eigenvalue weighted by Crippen LogP contribution is -2.37. The number of nitrogens with zero attached hydrogens (tertiary/aromatic N) is 3. The number of H-pyrrole nitrogens is 1. The fourth-order valence-corrected chi connectivity index (χ4v) is 5.78. The third-order valence-corrected chi connectivity index (χ3v) is 7.57. The summed E-state index contributed by atoms with van der Waals surface area (Å²) >= 11 is 7.13. The van der Waals surface area contributed by atoms with Crippen LogP contribution in [0.5, 0.6) is 0 Å². The van der Waals surface area contributed by atoms with Crippen LogP contribution < -0.4 is 0 Å². The van der Waals surface area contributed by atoms with E-state index in [2.05, 4.69) is 10.2 Å². The first kappa shape index (κ1) is 18.4. The van der Waals surface area contributed by atoms with Crippen molar-refractivity contribution < 1.29 is 13.2 Å². The highest BCUT2D eigenvalue weighted by Crippen LogP contribution is 2.25. The lowest BCUT2D eigenvalue weighted by atomic mass is 10.3. The minimum Gasteiger partial charge on any atom is -0.337 e.